The first-order valence-corrected chi connectivity index (χ1v) is 9.75. The summed E-state index contributed by atoms with van der Waals surface area (Å²) in [6.45, 7) is 1.90. The van der Waals surface area contributed by atoms with Crippen LogP contribution in [0.5, 0.6) is 5.75 Å². The summed E-state index contributed by atoms with van der Waals surface area (Å²) >= 11 is 0. The number of amides is 1. The topological polar surface area (TPSA) is 75.7 Å². The number of carbonyl (C=O) groups excluding carboxylic acids is 1. The van der Waals surface area contributed by atoms with E-state index < -0.39 is 16.1 Å². The van der Waals surface area contributed by atoms with Crippen molar-refractivity contribution in [3.8, 4) is 5.75 Å². The normalized spacial score (nSPS) is 21.7. The molecule has 1 aromatic carbocycles. The molecule has 3 rings (SSSR count). The Balaban J connectivity index is 1.85. The number of ether oxygens (including phenoxy) is 1. The Morgan fingerprint density at radius 1 is 1.30 bits per heavy atom. The second-order valence-electron chi connectivity index (χ2n) is 6.36. The van der Waals surface area contributed by atoms with Crippen molar-refractivity contribution in [2.75, 3.05) is 17.1 Å². The Morgan fingerprint density at radius 3 is 2.65 bits per heavy atom. The Kier molecular flexibility index (Phi) is 4.23. The summed E-state index contributed by atoms with van der Waals surface area (Å²) in [5.74, 6) is 0.190. The van der Waals surface area contributed by atoms with Crippen LogP contribution in [0.4, 0.5) is 5.69 Å². The molecule has 0 unspecified atom stereocenters. The molecule has 1 amide bonds. The summed E-state index contributed by atoms with van der Waals surface area (Å²) in [6, 6.07) is 5.51. The zero-order valence-corrected chi connectivity index (χ0v) is 14.2. The number of sulfonamides is 1. The molecule has 1 fully saturated rings. The highest BCUT2D eigenvalue weighted by molar-refractivity contribution is 7.92. The molecule has 0 spiro atoms. The molecule has 1 heterocycles. The quantitative estimate of drug-likeness (QED) is 0.908. The Bertz CT molecular complexity index is 711. The molecule has 1 N–H and O–H groups in total. The molecular formula is C16H22N2O4S. The largest absolute Gasteiger partial charge is 0.476 e. The van der Waals surface area contributed by atoms with Gasteiger partial charge in [0, 0.05) is 6.04 Å². The van der Waals surface area contributed by atoms with E-state index >= 15 is 0 Å². The first-order valence-electron chi connectivity index (χ1n) is 7.90. The Labute approximate surface area is 136 Å². The number of benzene rings is 1. The molecule has 0 saturated heterocycles. The minimum Gasteiger partial charge on any atom is -0.476 e. The zero-order valence-electron chi connectivity index (χ0n) is 13.4. The van der Waals surface area contributed by atoms with Crippen LogP contribution < -0.4 is 14.4 Å². The third-order valence-electron chi connectivity index (χ3n) is 4.38. The highest BCUT2D eigenvalue weighted by atomic mass is 32.2. The molecule has 0 bridgehead atoms. The van der Waals surface area contributed by atoms with E-state index in [1.54, 1.807) is 12.1 Å². The van der Waals surface area contributed by atoms with Gasteiger partial charge in [0.25, 0.3) is 5.91 Å². The molecule has 126 valence electrons. The van der Waals surface area contributed by atoms with Crippen LogP contribution in [0.1, 0.15) is 31.2 Å². The van der Waals surface area contributed by atoms with Gasteiger partial charge in [-0.3, -0.25) is 9.10 Å². The SMILES string of the molecule is Cc1ccc2c(c1)N(S(C)(=O)=O)C[C@H](C(=O)NC1CCCC1)O2. The van der Waals surface area contributed by atoms with Gasteiger partial charge in [-0.15, -0.1) is 0 Å². The Hall–Kier alpha value is -1.76. The van der Waals surface area contributed by atoms with Crippen molar-refractivity contribution in [2.45, 2.75) is 44.8 Å². The number of rotatable bonds is 3. The van der Waals surface area contributed by atoms with E-state index in [1.807, 2.05) is 13.0 Å². The highest BCUT2D eigenvalue weighted by Crippen LogP contribution is 2.35. The first-order chi connectivity index (χ1) is 10.8. The Morgan fingerprint density at radius 2 is 2.00 bits per heavy atom. The van der Waals surface area contributed by atoms with Gasteiger partial charge in [-0.25, -0.2) is 8.42 Å². The number of aryl methyl sites for hydroxylation is 1. The third kappa shape index (κ3) is 3.44. The number of fused-ring (bicyclic) bond motifs is 1. The third-order valence-corrected chi connectivity index (χ3v) is 5.52. The van der Waals surface area contributed by atoms with Crippen LogP contribution in [0.25, 0.3) is 0 Å². The van der Waals surface area contributed by atoms with E-state index in [1.165, 1.54) is 4.31 Å². The predicted molar refractivity (Wildman–Crippen MR) is 88.2 cm³/mol. The lowest BCUT2D eigenvalue weighted by Crippen LogP contribution is -2.52. The molecule has 23 heavy (non-hydrogen) atoms. The van der Waals surface area contributed by atoms with Crippen molar-refractivity contribution >= 4 is 21.6 Å². The van der Waals surface area contributed by atoms with Gasteiger partial charge in [-0.05, 0) is 37.5 Å². The maximum absolute atomic E-state index is 12.4. The molecule has 1 saturated carbocycles. The summed E-state index contributed by atoms with van der Waals surface area (Å²) in [5.41, 5.74) is 1.44. The van der Waals surface area contributed by atoms with Crippen molar-refractivity contribution in [1.29, 1.82) is 0 Å². The minimum atomic E-state index is -3.48. The number of carbonyl (C=O) groups is 1. The average Bonchev–Trinajstić information content (AvgIpc) is 2.98. The van der Waals surface area contributed by atoms with Gasteiger partial charge in [0.05, 0.1) is 18.5 Å². The number of nitrogens with zero attached hydrogens (tertiary/aromatic N) is 1. The molecule has 1 aromatic rings. The van der Waals surface area contributed by atoms with Crippen molar-refractivity contribution < 1.29 is 17.9 Å². The van der Waals surface area contributed by atoms with E-state index in [0.717, 1.165) is 37.5 Å². The molecule has 1 aliphatic carbocycles. The van der Waals surface area contributed by atoms with Gasteiger partial charge in [0.15, 0.2) is 6.10 Å². The van der Waals surface area contributed by atoms with Gasteiger partial charge >= 0.3 is 0 Å². The lowest BCUT2D eigenvalue weighted by Gasteiger charge is -2.34. The highest BCUT2D eigenvalue weighted by Gasteiger charge is 2.35. The van der Waals surface area contributed by atoms with Crippen LogP contribution in [-0.4, -0.2) is 39.3 Å². The van der Waals surface area contributed by atoms with E-state index in [9.17, 15) is 13.2 Å². The fourth-order valence-corrected chi connectivity index (χ4v) is 4.08. The molecular weight excluding hydrogens is 316 g/mol. The van der Waals surface area contributed by atoms with Crippen molar-refractivity contribution in [1.82, 2.24) is 5.32 Å². The zero-order chi connectivity index (χ0) is 16.6. The van der Waals surface area contributed by atoms with Gasteiger partial charge in [-0.2, -0.15) is 0 Å². The summed E-state index contributed by atoms with van der Waals surface area (Å²) in [7, 11) is -3.48. The fourth-order valence-electron chi connectivity index (χ4n) is 3.18. The second-order valence-corrected chi connectivity index (χ2v) is 8.27. The van der Waals surface area contributed by atoms with Crippen LogP contribution in [0.3, 0.4) is 0 Å². The lowest BCUT2D eigenvalue weighted by molar-refractivity contribution is -0.128. The molecule has 7 heteroatoms. The van der Waals surface area contributed by atoms with Gasteiger partial charge in [0.2, 0.25) is 10.0 Å². The number of hydrogen-bond acceptors (Lipinski definition) is 4. The molecule has 0 aromatic heterocycles. The lowest BCUT2D eigenvalue weighted by atomic mass is 10.1. The second kappa shape index (κ2) is 6.03. The fraction of sp³-hybridized carbons (Fsp3) is 0.562. The van der Waals surface area contributed by atoms with Crippen LogP contribution in [-0.2, 0) is 14.8 Å². The molecule has 0 radical (unpaired) electrons. The summed E-state index contributed by atoms with van der Waals surface area (Å²) in [5, 5.41) is 2.98. The van der Waals surface area contributed by atoms with Crippen LogP contribution >= 0.6 is 0 Å². The van der Waals surface area contributed by atoms with Crippen LogP contribution in [0, 0.1) is 6.92 Å². The standard InChI is InChI=1S/C16H22N2O4S/c1-11-7-8-14-13(9-11)18(23(2,20)21)10-15(22-14)16(19)17-12-5-3-4-6-12/h7-9,12,15H,3-6,10H2,1-2H3,(H,17,19)/t15-/m1/s1. The van der Waals surface area contributed by atoms with Crippen LogP contribution in [0.2, 0.25) is 0 Å². The van der Waals surface area contributed by atoms with E-state index in [-0.39, 0.29) is 18.5 Å². The number of anilines is 1. The maximum Gasteiger partial charge on any atom is 0.263 e. The molecule has 2 aliphatic rings. The monoisotopic (exact) mass is 338 g/mol. The molecule has 1 aliphatic heterocycles. The smallest absolute Gasteiger partial charge is 0.263 e. The van der Waals surface area contributed by atoms with E-state index in [2.05, 4.69) is 5.32 Å². The summed E-state index contributed by atoms with van der Waals surface area (Å²) < 4.78 is 31.3. The number of hydrogen-bond donors (Lipinski definition) is 1. The van der Waals surface area contributed by atoms with Gasteiger partial charge in [0.1, 0.15) is 5.75 Å². The minimum absolute atomic E-state index is 0.00778. The predicted octanol–water partition coefficient (Wildman–Crippen LogP) is 1.58. The van der Waals surface area contributed by atoms with Crippen LogP contribution in [0.15, 0.2) is 18.2 Å². The number of nitrogens with one attached hydrogen (secondary N) is 1. The average molecular weight is 338 g/mol. The van der Waals surface area contributed by atoms with Crippen molar-refractivity contribution in [3.05, 3.63) is 23.8 Å². The van der Waals surface area contributed by atoms with E-state index in [0.29, 0.717) is 11.4 Å². The van der Waals surface area contributed by atoms with Crippen molar-refractivity contribution in [2.24, 2.45) is 0 Å². The molecule has 1 atom stereocenters. The molecule has 6 nitrogen and oxygen atoms in total. The summed E-state index contributed by atoms with van der Waals surface area (Å²) in [4.78, 5) is 12.4. The van der Waals surface area contributed by atoms with E-state index in [4.69, 9.17) is 4.74 Å². The van der Waals surface area contributed by atoms with Gasteiger partial charge in [-0.1, -0.05) is 18.9 Å². The first kappa shape index (κ1) is 16.1. The maximum atomic E-state index is 12.4. The van der Waals surface area contributed by atoms with Gasteiger partial charge < -0.3 is 10.1 Å². The van der Waals surface area contributed by atoms with Crippen molar-refractivity contribution in [3.63, 3.8) is 0 Å². The summed E-state index contributed by atoms with van der Waals surface area (Å²) in [6.07, 6.45) is 4.52.